The molecule has 0 aromatic heterocycles. The third-order valence-corrected chi connectivity index (χ3v) is 1.66. The van der Waals surface area contributed by atoms with Crippen molar-refractivity contribution in [2.45, 2.75) is 45.6 Å². The highest BCUT2D eigenvalue weighted by molar-refractivity contribution is 4.52. The van der Waals surface area contributed by atoms with Crippen LogP contribution < -0.4 is 0 Å². The van der Waals surface area contributed by atoms with Crippen molar-refractivity contribution in [3.8, 4) is 0 Å². The van der Waals surface area contributed by atoms with Gasteiger partial charge in [0.25, 0.3) is 0 Å². The Bertz CT molecular complexity index is 104. The van der Waals surface area contributed by atoms with Gasteiger partial charge in [-0.2, -0.15) is 0 Å². The van der Waals surface area contributed by atoms with Gasteiger partial charge >= 0.3 is 0 Å². The van der Waals surface area contributed by atoms with Gasteiger partial charge in [0, 0.05) is 17.8 Å². The summed E-state index contributed by atoms with van der Waals surface area (Å²) in [5.74, 6) is 0. The van der Waals surface area contributed by atoms with Crippen LogP contribution in [-0.4, -0.2) is 11.0 Å². The third-order valence-electron chi connectivity index (χ3n) is 1.66. The normalized spacial score (nSPS) is 13.0. The predicted molar refractivity (Wildman–Crippen MR) is 40.6 cm³/mol. The first-order valence-electron chi connectivity index (χ1n) is 3.85. The highest BCUT2D eigenvalue weighted by atomic mass is 16.6. The van der Waals surface area contributed by atoms with Gasteiger partial charge in [-0.3, -0.25) is 10.1 Å². The van der Waals surface area contributed by atoms with Gasteiger partial charge in [-0.1, -0.05) is 20.3 Å². The van der Waals surface area contributed by atoms with E-state index in [1.807, 2.05) is 13.8 Å². The first-order valence-corrected chi connectivity index (χ1v) is 3.85. The van der Waals surface area contributed by atoms with Crippen LogP contribution in [0.3, 0.4) is 0 Å². The van der Waals surface area contributed by atoms with Crippen LogP contribution >= 0.6 is 0 Å². The van der Waals surface area contributed by atoms with E-state index in [2.05, 4.69) is 0 Å². The van der Waals surface area contributed by atoms with Crippen LogP contribution in [0, 0.1) is 10.1 Å². The molecule has 0 bridgehead atoms. The van der Waals surface area contributed by atoms with Gasteiger partial charge in [0.2, 0.25) is 6.04 Å². The Morgan fingerprint density at radius 1 is 1.50 bits per heavy atom. The Hall–Kier alpha value is -0.600. The fraction of sp³-hybridized carbons (Fsp3) is 1.00. The molecule has 0 aliphatic carbocycles. The van der Waals surface area contributed by atoms with E-state index in [0.29, 0.717) is 6.42 Å². The first-order chi connectivity index (χ1) is 4.72. The van der Waals surface area contributed by atoms with E-state index in [1.54, 1.807) is 0 Å². The molecule has 0 aliphatic heterocycles. The van der Waals surface area contributed by atoms with E-state index in [0.717, 1.165) is 19.3 Å². The van der Waals surface area contributed by atoms with Crippen LogP contribution in [0.5, 0.6) is 0 Å². The maximum Gasteiger partial charge on any atom is 0.212 e. The van der Waals surface area contributed by atoms with E-state index in [1.165, 1.54) is 0 Å². The molecule has 0 heterocycles. The van der Waals surface area contributed by atoms with Crippen LogP contribution in [0.2, 0.25) is 0 Å². The van der Waals surface area contributed by atoms with Crippen molar-refractivity contribution in [3.63, 3.8) is 0 Å². The Labute approximate surface area is 61.6 Å². The largest absolute Gasteiger partial charge is 0.264 e. The van der Waals surface area contributed by atoms with Gasteiger partial charge in [0.05, 0.1) is 0 Å². The topological polar surface area (TPSA) is 43.1 Å². The summed E-state index contributed by atoms with van der Waals surface area (Å²) in [4.78, 5) is 10.1. The van der Waals surface area contributed by atoms with Crippen molar-refractivity contribution < 1.29 is 4.92 Å². The molecule has 60 valence electrons. The lowest BCUT2D eigenvalue weighted by molar-refractivity contribution is -0.523. The van der Waals surface area contributed by atoms with Gasteiger partial charge in [-0.15, -0.1) is 0 Å². The van der Waals surface area contributed by atoms with Gasteiger partial charge in [-0.05, 0) is 6.42 Å². The number of nitro groups is 1. The quantitative estimate of drug-likeness (QED) is 0.439. The lowest BCUT2D eigenvalue weighted by atomic mass is 10.1. The molecule has 0 saturated heterocycles. The van der Waals surface area contributed by atoms with Gasteiger partial charge in [0.1, 0.15) is 0 Å². The number of hydrogen-bond donors (Lipinski definition) is 0. The van der Waals surface area contributed by atoms with E-state index in [9.17, 15) is 10.1 Å². The summed E-state index contributed by atoms with van der Waals surface area (Å²) in [5.41, 5.74) is 0. The fourth-order valence-corrected chi connectivity index (χ4v) is 0.898. The fourth-order valence-electron chi connectivity index (χ4n) is 0.898. The van der Waals surface area contributed by atoms with Crippen LogP contribution in [0.25, 0.3) is 0 Å². The Morgan fingerprint density at radius 3 is 2.40 bits per heavy atom. The molecular weight excluding hydrogens is 130 g/mol. The SMILES string of the molecule is CCCCC(CC)[N+](=O)[O-]. The molecule has 0 aromatic carbocycles. The number of rotatable bonds is 5. The van der Waals surface area contributed by atoms with Gasteiger partial charge < -0.3 is 0 Å². The monoisotopic (exact) mass is 145 g/mol. The van der Waals surface area contributed by atoms with E-state index in [-0.39, 0.29) is 11.0 Å². The van der Waals surface area contributed by atoms with Crippen LogP contribution in [0.4, 0.5) is 0 Å². The van der Waals surface area contributed by atoms with Gasteiger partial charge in [-0.25, -0.2) is 0 Å². The molecule has 1 unspecified atom stereocenters. The molecule has 0 aromatic rings. The second-order valence-electron chi connectivity index (χ2n) is 2.49. The molecular formula is C7H15NO2. The van der Waals surface area contributed by atoms with Crippen molar-refractivity contribution in [1.29, 1.82) is 0 Å². The first kappa shape index (κ1) is 9.40. The van der Waals surface area contributed by atoms with E-state index in [4.69, 9.17) is 0 Å². The van der Waals surface area contributed by atoms with E-state index < -0.39 is 0 Å². The summed E-state index contributed by atoms with van der Waals surface area (Å²) in [5, 5.41) is 10.2. The smallest absolute Gasteiger partial charge is 0.212 e. The molecule has 3 heteroatoms. The lowest BCUT2D eigenvalue weighted by Gasteiger charge is -2.04. The van der Waals surface area contributed by atoms with E-state index >= 15 is 0 Å². The Morgan fingerprint density at radius 2 is 2.10 bits per heavy atom. The zero-order valence-electron chi connectivity index (χ0n) is 6.67. The second kappa shape index (κ2) is 5.21. The average molecular weight is 145 g/mol. The average Bonchev–Trinajstić information content (AvgIpc) is 1.89. The Kier molecular flexibility index (Phi) is 4.89. The minimum absolute atomic E-state index is 0.171. The molecule has 0 radical (unpaired) electrons. The molecule has 3 nitrogen and oxygen atoms in total. The zero-order valence-corrected chi connectivity index (χ0v) is 6.67. The number of nitrogens with zero attached hydrogens (tertiary/aromatic N) is 1. The number of hydrogen-bond acceptors (Lipinski definition) is 2. The summed E-state index contributed by atoms with van der Waals surface area (Å²) < 4.78 is 0. The van der Waals surface area contributed by atoms with Crippen molar-refractivity contribution in [3.05, 3.63) is 10.1 Å². The molecule has 10 heavy (non-hydrogen) atoms. The minimum atomic E-state index is -0.306. The van der Waals surface area contributed by atoms with Crippen LogP contribution in [0.15, 0.2) is 0 Å². The lowest BCUT2D eigenvalue weighted by Crippen LogP contribution is -2.17. The molecule has 0 aliphatic rings. The molecule has 0 spiro atoms. The van der Waals surface area contributed by atoms with Crippen LogP contribution in [0.1, 0.15) is 39.5 Å². The summed E-state index contributed by atoms with van der Waals surface area (Å²) in [6.45, 7) is 3.91. The zero-order chi connectivity index (χ0) is 7.98. The van der Waals surface area contributed by atoms with Crippen molar-refractivity contribution in [2.24, 2.45) is 0 Å². The molecule has 0 fully saturated rings. The molecule has 0 rings (SSSR count). The maximum atomic E-state index is 10.2. The van der Waals surface area contributed by atoms with Crippen molar-refractivity contribution in [1.82, 2.24) is 0 Å². The third kappa shape index (κ3) is 3.43. The maximum absolute atomic E-state index is 10.2. The minimum Gasteiger partial charge on any atom is -0.264 e. The summed E-state index contributed by atoms with van der Waals surface area (Å²) in [6, 6.07) is -0.306. The molecule has 0 saturated carbocycles. The number of unbranched alkanes of at least 4 members (excludes halogenated alkanes) is 1. The highest BCUT2D eigenvalue weighted by Crippen LogP contribution is 2.06. The highest BCUT2D eigenvalue weighted by Gasteiger charge is 2.15. The van der Waals surface area contributed by atoms with Crippen molar-refractivity contribution in [2.75, 3.05) is 0 Å². The summed E-state index contributed by atoms with van der Waals surface area (Å²) in [7, 11) is 0. The molecule has 0 amide bonds. The standard InChI is InChI=1S/C7H15NO2/c1-3-5-6-7(4-2)8(9)10/h7H,3-6H2,1-2H3. The Balaban J connectivity index is 3.50. The van der Waals surface area contributed by atoms with Crippen LogP contribution in [-0.2, 0) is 0 Å². The molecule has 0 N–H and O–H groups in total. The molecule has 1 atom stereocenters. The summed E-state index contributed by atoms with van der Waals surface area (Å²) in [6.07, 6.45) is 3.41. The van der Waals surface area contributed by atoms with Crippen molar-refractivity contribution >= 4 is 0 Å². The predicted octanol–water partition coefficient (Wildman–Crippen LogP) is 2.23. The second-order valence-corrected chi connectivity index (χ2v) is 2.49. The summed E-state index contributed by atoms with van der Waals surface area (Å²) >= 11 is 0. The van der Waals surface area contributed by atoms with Gasteiger partial charge in [0.15, 0.2) is 0 Å².